The van der Waals surface area contributed by atoms with Gasteiger partial charge in [0.05, 0.1) is 0 Å². The summed E-state index contributed by atoms with van der Waals surface area (Å²) in [7, 11) is 0. The number of unbranched alkanes of at least 4 members (excludes halogenated alkanes) is 3. The molecule has 0 saturated carbocycles. The monoisotopic (exact) mass is 144 g/mol. The summed E-state index contributed by atoms with van der Waals surface area (Å²) in [4.78, 5) is 9.72. The summed E-state index contributed by atoms with van der Waals surface area (Å²) in [5.74, 6) is 0. The molecular weight excluding hydrogens is 131 g/mol. The minimum Gasteiger partial charge on any atom is -0.256 e. The Morgan fingerprint density at radius 1 is 1.50 bits per heavy atom. The van der Waals surface area contributed by atoms with Crippen LogP contribution in [0.4, 0.5) is 4.39 Å². The van der Waals surface area contributed by atoms with Gasteiger partial charge in [0, 0.05) is 6.08 Å². The van der Waals surface area contributed by atoms with Crippen molar-refractivity contribution in [3.63, 3.8) is 0 Å². The maximum absolute atomic E-state index is 11.5. The van der Waals surface area contributed by atoms with Crippen LogP contribution < -0.4 is 0 Å². The zero-order valence-corrected chi connectivity index (χ0v) is 6.27. The van der Waals surface area contributed by atoms with E-state index in [9.17, 15) is 9.18 Å². The molecule has 0 aliphatic carbocycles. The Hall–Kier alpha value is -0.660. The Balaban J connectivity index is 3.10. The first-order chi connectivity index (χ1) is 4.77. The van der Waals surface area contributed by atoms with Crippen molar-refractivity contribution in [2.24, 2.45) is 0 Å². The van der Waals surface area contributed by atoms with Crippen LogP contribution in [0.25, 0.3) is 0 Å². The lowest BCUT2D eigenvalue weighted by molar-refractivity contribution is -0.124. The number of carbonyl (C=O) groups is 1. The summed E-state index contributed by atoms with van der Waals surface area (Å²) in [5, 5.41) is 0. The Kier molecular flexibility index (Phi) is 6.03. The van der Waals surface area contributed by atoms with Gasteiger partial charge in [-0.15, -0.1) is 0 Å². The van der Waals surface area contributed by atoms with E-state index in [2.05, 4.69) is 6.92 Å². The highest BCUT2D eigenvalue weighted by Gasteiger charge is 1.86. The molecule has 0 amide bonds. The van der Waals surface area contributed by atoms with Gasteiger partial charge >= 0.3 is 6.04 Å². The average molecular weight is 144 g/mol. The lowest BCUT2D eigenvalue weighted by Gasteiger charge is -1.89. The van der Waals surface area contributed by atoms with Gasteiger partial charge < -0.3 is 0 Å². The molecule has 0 aliphatic heterocycles. The molecule has 1 nitrogen and oxygen atoms in total. The number of rotatable bonds is 5. The summed E-state index contributed by atoms with van der Waals surface area (Å²) in [6, 6.07) is -1.35. The van der Waals surface area contributed by atoms with Crippen molar-refractivity contribution < 1.29 is 9.18 Å². The largest absolute Gasteiger partial charge is 0.324 e. The lowest BCUT2D eigenvalue weighted by atomic mass is 10.2. The fourth-order valence-corrected chi connectivity index (χ4v) is 0.688. The van der Waals surface area contributed by atoms with Crippen LogP contribution in [0.5, 0.6) is 0 Å². The van der Waals surface area contributed by atoms with E-state index < -0.39 is 6.04 Å². The standard InChI is InChI=1S/C8H13FO/c1-2-3-4-5-6-7-8(9)10/h6-7H,2-5H2,1H3/b7-6+. The molecule has 0 spiro atoms. The number of halogens is 1. The smallest absolute Gasteiger partial charge is 0.256 e. The van der Waals surface area contributed by atoms with Crippen LogP contribution in [0.2, 0.25) is 0 Å². The van der Waals surface area contributed by atoms with Crippen LogP contribution in [0.3, 0.4) is 0 Å². The third-order valence-corrected chi connectivity index (χ3v) is 1.22. The normalized spacial score (nSPS) is 10.6. The van der Waals surface area contributed by atoms with E-state index in [1.54, 1.807) is 6.08 Å². The molecule has 0 N–H and O–H groups in total. The minimum atomic E-state index is -1.35. The Labute approximate surface area is 60.9 Å². The molecule has 0 fully saturated rings. The third kappa shape index (κ3) is 7.34. The predicted octanol–water partition coefficient (Wildman–Crippen LogP) is 2.62. The Bertz CT molecular complexity index is 118. The van der Waals surface area contributed by atoms with Crippen molar-refractivity contribution in [3.05, 3.63) is 12.2 Å². The highest BCUT2D eigenvalue weighted by atomic mass is 19.1. The highest BCUT2D eigenvalue weighted by Crippen LogP contribution is 1.99. The highest BCUT2D eigenvalue weighted by molar-refractivity contribution is 5.80. The molecule has 0 atom stereocenters. The third-order valence-electron chi connectivity index (χ3n) is 1.22. The zero-order chi connectivity index (χ0) is 7.82. The van der Waals surface area contributed by atoms with Crippen molar-refractivity contribution in [2.45, 2.75) is 32.6 Å². The fourth-order valence-electron chi connectivity index (χ4n) is 0.688. The second kappa shape index (κ2) is 6.46. The summed E-state index contributed by atoms with van der Waals surface area (Å²) < 4.78 is 11.5. The van der Waals surface area contributed by atoms with Crippen molar-refractivity contribution in [3.8, 4) is 0 Å². The fraction of sp³-hybridized carbons (Fsp3) is 0.625. The first-order valence-corrected chi connectivity index (χ1v) is 3.63. The molecule has 0 unspecified atom stereocenters. The predicted molar refractivity (Wildman–Crippen MR) is 39.4 cm³/mol. The van der Waals surface area contributed by atoms with E-state index in [0.29, 0.717) is 0 Å². The van der Waals surface area contributed by atoms with Crippen LogP contribution >= 0.6 is 0 Å². The summed E-state index contributed by atoms with van der Waals surface area (Å²) in [5.41, 5.74) is 0. The topological polar surface area (TPSA) is 17.1 Å². The van der Waals surface area contributed by atoms with E-state index in [-0.39, 0.29) is 0 Å². The van der Waals surface area contributed by atoms with Gasteiger partial charge in [-0.2, -0.15) is 4.39 Å². The molecule has 0 aliphatic rings. The van der Waals surface area contributed by atoms with Crippen molar-refractivity contribution >= 4 is 6.04 Å². The van der Waals surface area contributed by atoms with Crippen LogP contribution in [0.15, 0.2) is 12.2 Å². The molecule has 0 rings (SSSR count). The van der Waals surface area contributed by atoms with E-state index in [1.807, 2.05) is 0 Å². The summed E-state index contributed by atoms with van der Waals surface area (Å²) in [6.07, 6.45) is 6.71. The molecule has 2 heteroatoms. The van der Waals surface area contributed by atoms with E-state index in [4.69, 9.17) is 0 Å². The zero-order valence-electron chi connectivity index (χ0n) is 6.27. The molecule has 0 saturated heterocycles. The van der Waals surface area contributed by atoms with Crippen LogP contribution in [0, 0.1) is 0 Å². The van der Waals surface area contributed by atoms with Gasteiger partial charge in [0.15, 0.2) is 0 Å². The van der Waals surface area contributed by atoms with Crippen molar-refractivity contribution in [1.29, 1.82) is 0 Å². The number of allylic oxidation sites excluding steroid dienone is 2. The molecule has 0 radical (unpaired) electrons. The second-order valence-electron chi connectivity index (χ2n) is 2.20. The summed E-state index contributed by atoms with van der Waals surface area (Å²) in [6.45, 7) is 2.10. The molecule has 0 aromatic rings. The molecule has 0 heterocycles. The molecule has 0 aromatic carbocycles. The van der Waals surface area contributed by atoms with Crippen molar-refractivity contribution in [1.82, 2.24) is 0 Å². The molecule has 10 heavy (non-hydrogen) atoms. The maximum atomic E-state index is 11.5. The van der Waals surface area contributed by atoms with Gasteiger partial charge in [0.2, 0.25) is 0 Å². The Morgan fingerprint density at radius 3 is 2.70 bits per heavy atom. The van der Waals surface area contributed by atoms with Crippen LogP contribution in [-0.2, 0) is 4.79 Å². The van der Waals surface area contributed by atoms with Crippen molar-refractivity contribution in [2.75, 3.05) is 0 Å². The summed E-state index contributed by atoms with van der Waals surface area (Å²) >= 11 is 0. The quantitative estimate of drug-likeness (QED) is 0.329. The lowest BCUT2D eigenvalue weighted by Crippen LogP contribution is -1.77. The first kappa shape index (κ1) is 9.34. The second-order valence-corrected chi connectivity index (χ2v) is 2.20. The van der Waals surface area contributed by atoms with Crippen LogP contribution in [0.1, 0.15) is 32.6 Å². The van der Waals surface area contributed by atoms with Gasteiger partial charge in [-0.25, -0.2) is 0 Å². The van der Waals surface area contributed by atoms with Crippen LogP contribution in [-0.4, -0.2) is 6.04 Å². The van der Waals surface area contributed by atoms with E-state index >= 15 is 0 Å². The number of carbonyl (C=O) groups excluding carboxylic acids is 1. The SMILES string of the molecule is CCCCC/C=C/C(=O)F. The molecule has 0 bridgehead atoms. The Morgan fingerprint density at radius 2 is 2.20 bits per heavy atom. The van der Waals surface area contributed by atoms with Gasteiger partial charge in [-0.1, -0.05) is 25.8 Å². The van der Waals surface area contributed by atoms with Gasteiger partial charge in [-0.05, 0) is 12.8 Å². The molecular formula is C8H13FO. The molecule has 0 aromatic heterocycles. The number of hydrogen-bond acceptors (Lipinski definition) is 1. The van der Waals surface area contributed by atoms with E-state index in [1.165, 1.54) is 0 Å². The first-order valence-electron chi connectivity index (χ1n) is 3.63. The number of hydrogen-bond donors (Lipinski definition) is 0. The van der Waals surface area contributed by atoms with Gasteiger partial charge in [-0.3, -0.25) is 4.79 Å². The maximum Gasteiger partial charge on any atom is 0.324 e. The average Bonchev–Trinajstić information content (AvgIpc) is 1.87. The van der Waals surface area contributed by atoms with Gasteiger partial charge in [0.1, 0.15) is 0 Å². The molecule has 58 valence electrons. The van der Waals surface area contributed by atoms with Gasteiger partial charge in [0.25, 0.3) is 0 Å². The minimum absolute atomic E-state index is 0.809. The van der Waals surface area contributed by atoms with E-state index in [0.717, 1.165) is 31.8 Å².